The van der Waals surface area contributed by atoms with Gasteiger partial charge in [-0.2, -0.15) is 0 Å². The number of benzene rings is 2. The van der Waals surface area contributed by atoms with Gasteiger partial charge in [0.15, 0.2) is 11.5 Å². The third-order valence-corrected chi connectivity index (χ3v) is 4.94. The number of anilines is 1. The molecule has 2 aromatic carbocycles. The second kappa shape index (κ2) is 9.34. The van der Waals surface area contributed by atoms with Gasteiger partial charge < -0.3 is 9.47 Å². The molecule has 0 fully saturated rings. The molecule has 1 heterocycles. The Morgan fingerprint density at radius 2 is 1.68 bits per heavy atom. The van der Waals surface area contributed by atoms with Crippen LogP contribution >= 0.6 is 0 Å². The van der Waals surface area contributed by atoms with Gasteiger partial charge in [0, 0.05) is 18.7 Å². The Bertz CT molecular complexity index is 1160. The zero-order valence-corrected chi connectivity index (χ0v) is 18.6. The van der Waals surface area contributed by atoms with Crippen molar-refractivity contribution in [1.82, 2.24) is 15.0 Å². The molecule has 2 N–H and O–H groups in total. The Morgan fingerprint density at radius 3 is 2.29 bits per heavy atom. The summed E-state index contributed by atoms with van der Waals surface area (Å²) in [6.45, 7) is 6.16. The molecule has 0 aliphatic rings. The molecule has 0 aliphatic carbocycles. The molecule has 8 heteroatoms. The molecule has 1 aromatic heterocycles. The third kappa shape index (κ3) is 4.69. The van der Waals surface area contributed by atoms with Crippen molar-refractivity contribution >= 4 is 18.0 Å². The summed E-state index contributed by atoms with van der Waals surface area (Å²) in [5.74, 6) is 1.66. The predicted octanol–water partition coefficient (Wildman–Crippen LogP) is 3.33. The van der Waals surface area contributed by atoms with Gasteiger partial charge >= 0.3 is 0 Å². The van der Waals surface area contributed by atoms with E-state index in [0.717, 1.165) is 22.4 Å². The van der Waals surface area contributed by atoms with Crippen LogP contribution in [0, 0.1) is 20.8 Å². The number of nitrogens with zero attached hydrogens (tertiary/aromatic N) is 3. The summed E-state index contributed by atoms with van der Waals surface area (Å²) in [5.41, 5.74) is 11.7. The highest BCUT2D eigenvalue weighted by Gasteiger charge is 2.11. The number of ether oxygens (including phenoxy) is 2. The van der Waals surface area contributed by atoms with Crippen LogP contribution < -0.4 is 25.8 Å². The average molecular weight is 422 g/mol. The number of hydrogen-bond donors (Lipinski definition) is 2. The first-order valence-corrected chi connectivity index (χ1v) is 9.76. The summed E-state index contributed by atoms with van der Waals surface area (Å²) in [5, 5.41) is 0. The molecule has 0 spiro atoms. The lowest BCUT2D eigenvalue weighted by atomic mass is 10.1. The van der Waals surface area contributed by atoms with Gasteiger partial charge in [0.2, 0.25) is 12.4 Å². The Hall–Kier alpha value is -3.81. The van der Waals surface area contributed by atoms with E-state index in [1.807, 2.05) is 45.2 Å². The van der Waals surface area contributed by atoms with Gasteiger partial charge in [0.05, 0.1) is 25.6 Å². The highest BCUT2D eigenvalue weighted by molar-refractivity contribution is 5.65. The van der Waals surface area contributed by atoms with Gasteiger partial charge in [0.25, 0.3) is 0 Å². The summed E-state index contributed by atoms with van der Waals surface area (Å²) in [6, 6.07) is 11.7. The van der Waals surface area contributed by atoms with Crippen molar-refractivity contribution in [1.29, 1.82) is 0 Å². The van der Waals surface area contributed by atoms with E-state index in [0.29, 0.717) is 35.0 Å². The van der Waals surface area contributed by atoms with Gasteiger partial charge in [-0.05, 0) is 50.1 Å². The van der Waals surface area contributed by atoms with Crippen molar-refractivity contribution in [3.8, 4) is 22.8 Å². The van der Waals surface area contributed by atoms with Gasteiger partial charge in [-0.3, -0.25) is 20.2 Å². The van der Waals surface area contributed by atoms with Crippen molar-refractivity contribution in [2.75, 3.05) is 19.6 Å². The molecule has 31 heavy (non-hydrogen) atoms. The number of amides is 1. The first-order chi connectivity index (χ1) is 14.9. The van der Waals surface area contributed by atoms with E-state index in [4.69, 9.17) is 14.5 Å². The second-order valence-corrected chi connectivity index (χ2v) is 7.20. The Labute approximate surface area is 181 Å². The van der Waals surface area contributed by atoms with Gasteiger partial charge in [-0.25, -0.2) is 9.98 Å². The number of aryl methyl sites for hydroxylation is 3. The minimum atomic E-state index is 0.431. The molecule has 8 nitrogen and oxygen atoms in total. The zero-order chi connectivity index (χ0) is 22.5. The molecule has 0 bridgehead atoms. The topological polar surface area (TPSA) is 89.8 Å². The Morgan fingerprint density at radius 1 is 1.00 bits per heavy atom. The first-order valence-electron chi connectivity index (χ1n) is 9.76. The van der Waals surface area contributed by atoms with Crippen molar-refractivity contribution < 1.29 is 14.3 Å². The standard InChI is InChI=1S/C23H27N5O3/c1-14-9-15(2)22(16(3)10-14)26-21-12-18(25-23(28(21)4)27-24-13-29)17-7-8-19(30-5)20(11-17)31-6/h7-13H,1-6H3,(H,24,29)(H,25,27)/b26-21-. The van der Waals surface area contributed by atoms with E-state index in [-0.39, 0.29) is 0 Å². The molecule has 0 radical (unpaired) electrons. The predicted molar refractivity (Wildman–Crippen MR) is 120 cm³/mol. The van der Waals surface area contributed by atoms with Crippen LogP contribution in [-0.4, -0.2) is 30.2 Å². The van der Waals surface area contributed by atoms with E-state index in [1.54, 1.807) is 18.8 Å². The summed E-state index contributed by atoms with van der Waals surface area (Å²) in [6.07, 6.45) is 0.551. The van der Waals surface area contributed by atoms with Crippen LogP contribution in [0.1, 0.15) is 16.7 Å². The zero-order valence-electron chi connectivity index (χ0n) is 18.6. The number of nitrogens with one attached hydrogen (secondary N) is 2. The fourth-order valence-electron chi connectivity index (χ4n) is 3.47. The van der Waals surface area contributed by atoms with Crippen LogP contribution in [0.5, 0.6) is 11.5 Å². The minimum absolute atomic E-state index is 0.431. The monoisotopic (exact) mass is 421 g/mol. The first kappa shape index (κ1) is 21.9. The highest BCUT2D eigenvalue weighted by atomic mass is 16.5. The number of aromatic nitrogens is 2. The number of hydrazine groups is 1. The maximum Gasteiger partial charge on any atom is 0.225 e. The number of rotatable bonds is 7. The van der Waals surface area contributed by atoms with E-state index < -0.39 is 0 Å². The molecule has 0 atom stereocenters. The average Bonchev–Trinajstić information content (AvgIpc) is 2.75. The fraction of sp³-hybridized carbons (Fsp3) is 0.261. The van der Waals surface area contributed by atoms with Crippen molar-refractivity contribution in [3.05, 3.63) is 58.6 Å². The lowest BCUT2D eigenvalue weighted by Crippen LogP contribution is -2.28. The number of carbonyl (C=O) groups excluding carboxylic acids is 1. The van der Waals surface area contributed by atoms with Crippen LogP contribution in [0.15, 0.2) is 41.4 Å². The highest BCUT2D eigenvalue weighted by Crippen LogP contribution is 2.31. The lowest BCUT2D eigenvalue weighted by molar-refractivity contribution is -0.109. The quantitative estimate of drug-likeness (QED) is 0.451. The molecule has 0 saturated heterocycles. The lowest BCUT2D eigenvalue weighted by Gasteiger charge is -2.14. The van der Waals surface area contributed by atoms with Crippen molar-refractivity contribution in [2.45, 2.75) is 20.8 Å². The van der Waals surface area contributed by atoms with E-state index in [2.05, 4.69) is 34.9 Å². The van der Waals surface area contributed by atoms with Crippen LogP contribution in [-0.2, 0) is 11.8 Å². The Kier molecular flexibility index (Phi) is 6.59. The molecule has 0 unspecified atom stereocenters. The largest absolute Gasteiger partial charge is 0.493 e. The van der Waals surface area contributed by atoms with Crippen LogP contribution in [0.2, 0.25) is 0 Å². The summed E-state index contributed by atoms with van der Waals surface area (Å²) >= 11 is 0. The maximum atomic E-state index is 10.8. The molecule has 0 saturated carbocycles. The number of hydrogen-bond acceptors (Lipinski definition) is 6. The van der Waals surface area contributed by atoms with Crippen LogP contribution in [0.4, 0.5) is 11.6 Å². The van der Waals surface area contributed by atoms with E-state index in [1.165, 1.54) is 5.56 Å². The van der Waals surface area contributed by atoms with Crippen LogP contribution in [0.25, 0.3) is 11.3 Å². The molecule has 0 aliphatic heterocycles. The Balaban J connectivity index is 2.24. The summed E-state index contributed by atoms with van der Waals surface area (Å²) < 4.78 is 12.5. The van der Waals surface area contributed by atoms with Gasteiger partial charge in [-0.15, -0.1) is 0 Å². The SMILES string of the molecule is COc1ccc(-c2c/c(=N/c3c(C)cc(C)cc3C)n(C)c(NNC=O)n2)cc1OC. The minimum Gasteiger partial charge on any atom is -0.493 e. The number of methoxy groups -OCH3 is 2. The molecule has 3 aromatic rings. The fourth-order valence-corrected chi connectivity index (χ4v) is 3.47. The normalized spacial score (nSPS) is 11.2. The smallest absolute Gasteiger partial charge is 0.225 e. The molecule has 1 amide bonds. The number of carbonyl (C=O) groups is 1. The van der Waals surface area contributed by atoms with Crippen LogP contribution in [0.3, 0.4) is 0 Å². The second-order valence-electron chi connectivity index (χ2n) is 7.20. The molecular formula is C23H27N5O3. The maximum absolute atomic E-state index is 10.8. The van der Waals surface area contributed by atoms with Crippen molar-refractivity contribution in [2.24, 2.45) is 12.0 Å². The van der Waals surface area contributed by atoms with Gasteiger partial charge in [-0.1, -0.05) is 17.7 Å². The van der Waals surface area contributed by atoms with Crippen molar-refractivity contribution in [3.63, 3.8) is 0 Å². The molecule has 3 rings (SSSR count). The third-order valence-electron chi connectivity index (χ3n) is 4.94. The molecule has 162 valence electrons. The summed E-state index contributed by atoms with van der Waals surface area (Å²) in [7, 11) is 5.01. The summed E-state index contributed by atoms with van der Waals surface area (Å²) in [4.78, 5) is 20.4. The van der Waals surface area contributed by atoms with Gasteiger partial charge in [0.1, 0.15) is 5.49 Å². The molecular weight excluding hydrogens is 394 g/mol. The van der Waals surface area contributed by atoms with E-state index in [9.17, 15) is 4.79 Å². The van der Waals surface area contributed by atoms with E-state index >= 15 is 0 Å².